The number of hydrogen-bond donors (Lipinski definition) is 1. The van der Waals surface area contributed by atoms with Gasteiger partial charge >= 0.3 is 0 Å². The van der Waals surface area contributed by atoms with Gasteiger partial charge in [0.1, 0.15) is 0 Å². The van der Waals surface area contributed by atoms with Gasteiger partial charge in [-0.1, -0.05) is 11.6 Å². The maximum Gasteiger partial charge on any atom is 0.160 e. The first kappa shape index (κ1) is 7.72. The summed E-state index contributed by atoms with van der Waals surface area (Å²) in [6.45, 7) is 0.392. The van der Waals surface area contributed by atoms with E-state index < -0.39 is 0 Å². The highest BCUT2D eigenvalue weighted by molar-refractivity contribution is 7.17. The smallest absolute Gasteiger partial charge is 0.160 e. The first-order valence-corrected chi connectivity index (χ1v) is 3.91. The molecule has 1 aromatic rings. The lowest BCUT2D eigenvalue weighted by atomic mass is 10.3. The zero-order valence-electron chi connectivity index (χ0n) is 5.13. The Hall–Kier alpha value is -0.380. The van der Waals surface area contributed by atoms with Gasteiger partial charge in [-0.05, 0) is 11.6 Å². The van der Waals surface area contributed by atoms with Gasteiger partial charge < -0.3 is 5.73 Å². The summed E-state index contributed by atoms with van der Waals surface area (Å²) in [5.74, 6) is 0. The van der Waals surface area contributed by atoms with Crippen molar-refractivity contribution < 1.29 is 4.79 Å². The molecule has 4 heteroatoms. The molecule has 0 spiro atoms. The molecule has 0 fully saturated rings. The van der Waals surface area contributed by atoms with Crippen LogP contribution >= 0.6 is 22.9 Å². The molecule has 54 valence electrons. The quantitative estimate of drug-likeness (QED) is 0.695. The van der Waals surface area contributed by atoms with Gasteiger partial charge in [-0.25, -0.2) is 0 Å². The average molecular weight is 176 g/mol. The number of nitrogens with two attached hydrogens (primary N) is 1. The van der Waals surface area contributed by atoms with Gasteiger partial charge in [-0.2, -0.15) is 0 Å². The molecule has 0 bridgehead atoms. The molecular weight excluding hydrogens is 170 g/mol. The molecule has 0 aromatic carbocycles. The summed E-state index contributed by atoms with van der Waals surface area (Å²) in [5, 5.41) is 0. The normalized spacial score (nSPS) is 9.80. The van der Waals surface area contributed by atoms with E-state index in [-0.39, 0.29) is 0 Å². The molecular formula is C6H6ClNOS. The second-order valence-corrected chi connectivity index (χ2v) is 3.46. The summed E-state index contributed by atoms with van der Waals surface area (Å²) >= 11 is 6.96. The fraction of sp³-hybridized carbons (Fsp3) is 0.167. The van der Waals surface area contributed by atoms with Crippen LogP contribution in [0, 0.1) is 0 Å². The molecule has 10 heavy (non-hydrogen) atoms. The number of thiophene rings is 1. The van der Waals surface area contributed by atoms with Crippen molar-refractivity contribution >= 4 is 29.2 Å². The van der Waals surface area contributed by atoms with E-state index in [9.17, 15) is 4.79 Å². The minimum atomic E-state index is 0.392. The maximum atomic E-state index is 10.2. The standard InChI is InChI=1S/C6H6ClNOS/c7-6-4(2-8)1-5(3-9)10-6/h1,3H,2,8H2. The summed E-state index contributed by atoms with van der Waals surface area (Å²) in [7, 11) is 0. The van der Waals surface area contributed by atoms with Gasteiger partial charge in [0.15, 0.2) is 6.29 Å². The van der Waals surface area contributed by atoms with Crippen molar-refractivity contribution in [3.63, 3.8) is 0 Å². The lowest BCUT2D eigenvalue weighted by Gasteiger charge is -1.85. The molecule has 0 aliphatic rings. The summed E-state index contributed by atoms with van der Waals surface area (Å²) in [6, 6.07) is 1.71. The van der Waals surface area contributed by atoms with Gasteiger partial charge in [-0.3, -0.25) is 4.79 Å². The van der Waals surface area contributed by atoms with E-state index in [1.54, 1.807) is 6.07 Å². The van der Waals surface area contributed by atoms with Crippen LogP contribution < -0.4 is 5.73 Å². The van der Waals surface area contributed by atoms with E-state index in [4.69, 9.17) is 17.3 Å². The zero-order chi connectivity index (χ0) is 7.56. The van der Waals surface area contributed by atoms with E-state index in [0.29, 0.717) is 15.8 Å². The summed E-state index contributed by atoms with van der Waals surface area (Å²) in [4.78, 5) is 10.8. The predicted molar refractivity (Wildman–Crippen MR) is 42.6 cm³/mol. The third kappa shape index (κ3) is 1.37. The molecule has 0 radical (unpaired) electrons. The Morgan fingerprint density at radius 3 is 2.80 bits per heavy atom. The Bertz CT molecular complexity index is 246. The van der Waals surface area contributed by atoms with Crippen LogP contribution in [0.1, 0.15) is 15.2 Å². The Labute approximate surface area is 67.6 Å². The van der Waals surface area contributed by atoms with Crippen molar-refractivity contribution in [3.8, 4) is 0 Å². The van der Waals surface area contributed by atoms with Gasteiger partial charge in [0, 0.05) is 6.54 Å². The highest BCUT2D eigenvalue weighted by atomic mass is 35.5. The van der Waals surface area contributed by atoms with Crippen molar-refractivity contribution in [2.75, 3.05) is 0 Å². The molecule has 0 aliphatic heterocycles. The van der Waals surface area contributed by atoms with E-state index >= 15 is 0 Å². The number of rotatable bonds is 2. The molecule has 0 amide bonds. The fourth-order valence-electron chi connectivity index (χ4n) is 0.624. The Balaban J connectivity index is 3.03. The summed E-state index contributed by atoms with van der Waals surface area (Å²) < 4.78 is 0.615. The van der Waals surface area contributed by atoms with Crippen molar-refractivity contribution in [1.82, 2.24) is 0 Å². The highest BCUT2D eigenvalue weighted by Gasteiger charge is 2.03. The van der Waals surface area contributed by atoms with E-state index in [0.717, 1.165) is 11.8 Å². The van der Waals surface area contributed by atoms with Crippen LogP contribution in [-0.2, 0) is 6.54 Å². The maximum absolute atomic E-state index is 10.2. The van der Waals surface area contributed by atoms with E-state index in [2.05, 4.69) is 0 Å². The number of hydrogen-bond acceptors (Lipinski definition) is 3. The minimum absolute atomic E-state index is 0.392. The molecule has 0 aliphatic carbocycles. The predicted octanol–water partition coefficient (Wildman–Crippen LogP) is 1.67. The minimum Gasteiger partial charge on any atom is -0.326 e. The topological polar surface area (TPSA) is 43.1 Å². The van der Waals surface area contributed by atoms with Crippen molar-refractivity contribution in [2.45, 2.75) is 6.54 Å². The van der Waals surface area contributed by atoms with Crippen molar-refractivity contribution in [1.29, 1.82) is 0 Å². The first-order chi connectivity index (χ1) is 4.77. The number of carbonyl (C=O) groups excluding carboxylic acids is 1. The molecule has 2 nitrogen and oxygen atoms in total. The van der Waals surface area contributed by atoms with Crippen LogP contribution in [-0.4, -0.2) is 6.29 Å². The second kappa shape index (κ2) is 3.14. The Kier molecular flexibility index (Phi) is 2.43. The largest absolute Gasteiger partial charge is 0.326 e. The third-order valence-electron chi connectivity index (χ3n) is 1.11. The van der Waals surface area contributed by atoms with Crippen LogP contribution in [0.25, 0.3) is 0 Å². The summed E-state index contributed by atoms with van der Waals surface area (Å²) in [6.07, 6.45) is 0.774. The highest BCUT2D eigenvalue weighted by Crippen LogP contribution is 2.25. The Morgan fingerprint density at radius 2 is 2.50 bits per heavy atom. The number of aldehydes is 1. The van der Waals surface area contributed by atoms with Crippen LogP contribution in [0.3, 0.4) is 0 Å². The number of carbonyl (C=O) groups is 1. The van der Waals surface area contributed by atoms with Crippen LogP contribution in [0.2, 0.25) is 4.34 Å². The fourth-order valence-corrected chi connectivity index (χ4v) is 1.75. The molecule has 0 unspecified atom stereocenters. The third-order valence-corrected chi connectivity index (χ3v) is 2.48. The molecule has 1 rings (SSSR count). The number of halogens is 1. The lowest BCUT2D eigenvalue weighted by molar-refractivity contribution is 0.112. The molecule has 1 heterocycles. The SMILES string of the molecule is NCc1cc(C=O)sc1Cl. The average Bonchev–Trinajstić information content (AvgIpc) is 2.30. The molecule has 1 aromatic heterocycles. The molecule has 2 N–H and O–H groups in total. The molecule has 0 atom stereocenters. The monoisotopic (exact) mass is 175 g/mol. The van der Waals surface area contributed by atoms with Crippen LogP contribution in [0.15, 0.2) is 6.07 Å². The van der Waals surface area contributed by atoms with E-state index in [1.165, 1.54) is 11.3 Å². The van der Waals surface area contributed by atoms with Crippen molar-refractivity contribution in [3.05, 3.63) is 20.8 Å². The second-order valence-electron chi connectivity index (χ2n) is 1.77. The summed E-state index contributed by atoms with van der Waals surface area (Å²) in [5.41, 5.74) is 6.17. The Morgan fingerprint density at radius 1 is 1.80 bits per heavy atom. The van der Waals surface area contributed by atoms with E-state index in [1.807, 2.05) is 0 Å². The van der Waals surface area contributed by atoms with Crippen molar-refractivity contribution in [2.24, 2.45) is 5.73 Å². The van der Waals surface area contributed by atoms with Crippen LogP contribution in [0.4, 0.5) is 0 Å². The van der Waals surface area contributed by atoms with Gasteiger partial charge in [0.05, 0.1) is 9.21 Å². The molecule has 0 saturated carbocycles. The van der Waals surface area contributed by atoms with Gasteiger partial charge in [0.25, 0.3) is 0 Å². The van der Waals surface area contributed by atoms with Gasteiger partial charge in [-0.15, -0.1) is 11.3 Å². The zero-order valence-corrected chi connectivity index (χ0v) is 6.71. The van der Waals surface area contributed by atoms with Crippen LogP contribution in [0.5, 0.6) is 0 Å². The lowest BCUT2D eigenvalue weighted by Crippen LogP contribution is -1.93. The first-order valence-electron chi connectivity index (χ1n) is 2.71. The molecule has 0 saturated heterocycles. The van der Waals surface area contributed by atoms with Gasteiger partial charge in [0.2, 0.25) is 0 Å².